The Morgan fingerprint density at radius 3 is 2.38 bits per heavy atom. The molecule has 0 amide bonds. The van der Waals surface area contributed by atoms with Gasteiger partial charge in [0.25, 0.3) is 0 Å². The van der Waals surface area contributed by atoms with Crippen LogP contribution in [0, 0.1) is 0 Å². The molecule has 32 heavy (non-hydrogen) atoms. The fourth-order valence-corrected chi connectivity index (χ4v) is 4.61. The van der Waals surface area contributed by atoms with Gasteiger partial charge < -0.3 is 24.4 Å². The molecule has 2 aromatic rings. The van der Waals surface area contributed by atoms with Crippen LogP contribution >= 0.6 is 0 Å². The Labute approximate surface area is 191 Å². The first kappa shape index (κ1) is 22.4. The van der Waals surface area contributed by atoms with E-state index in [1.807, 2.05) is 7.05 Å². The molecule has 1 N–H and O–H groups in total. The number of morpholine rings is 1. The van der Waals surface area contributed by atoms with Gasteiger partial charge in [0.15, 0.2) is 17.5 Å². The number of ether oxygens (including phenoxy) is 3. The van der Waals surface area contributed by atoms with E-state index in [9.17, 15) is 0 Å². The van der Waals surface area contributed by atoms with Crippen molar-refractivity contribution in [2.45, 2.75) is 19.0 Å². The quantitative estimate of drug-likeness (QED) is 0.553. The van der Waals surface area contributed by atoms with Crippen LogP contribution in [0.4, 0.5) is 0 Å². The van der Waals surface area contributed by atoms with Gasteiger partial charge >= 0.3 is 0 Å². The number of aliphatic imine (C=N–C) groups is 1. The molecule has 0 saturated carbocycles. The summed E-state index contributed by atoms with van der Waals surface area (Å²) in [6.45, 7) is 5.96. The summed E-state index contributed by atoms with van der Waals surface area (Å²) in [5.41, 5.74) is 3.88. The van der Waals surface area contributed by atoms with E-state index in [-0.39, 0.29) is 6.04 Å². The smallest absolute Gasteiger partial charge is 0.194 e. The predicted octanol–water partition coefficient (Wildman–Crippen LogP) is 2.71. The van der Waals surface area contributed by atoms with E-state index < -0.39 is 0 Å². The summed E-state index contributed by atoms with van der Waals surface area (Å²) in [6, 6.07) is 15.2. The highest BCUT2D eigenvalue weighted by atomic mass is 16.5. The lowest BCUT2D eigenvalue weighted by Crippen LogP contribution is -2.48. The average molecular weight is 439 g/mol. The minimum Gasteiger partial charge on any atom is -0.493 e. The lowest BCUT2D eigenvalue weighted by Gasteiger charge is -2.37. The third-order valence-electron chi connectivity index (χ3n) is 6.35. The number of nitrogens with one attached hydrogen (secondary N) is 1. The highest BCUT2D eigenvalue weighted by Gasteiger charge is 2.25. The van der Waals surface area contributed by atoms with Crippen LogP contribution in [0.15, 0.2) is 47.5 Å². The van der Waals surface area contributed by atoms with Gasteiger partial charge in [-0.05, 0) is 35.2 Å². The maximum Gasteiger partial charge on any atom is 0.194 e. The van der Waals surface area contributed by atoms with Crippen molar-refractivity contribution < 1.29 is 14.2 Å². The van der Waals surface area contributed by atoms with Crippen molar-refractivity contribution in [2.75, 3.05) is 60.7 Å². The zero-order valence-electron chi connectivity index (χ0n) is 19.3. The molecule has 2 aliphatic rings. The highest BCUT2D eigenvalue weighted by Crippen LogP contribution is 2.33. The fourth-order valence-electron chi connectivity index (χ4n) is 4.61. The zero-order chi connectivity index (χ0) is 22.3. The van der Waals surface area contributed by atoms with Crippen molar-refractivity contribution in [3.63, 3.8) is 0 Å². The first-order chi connectivity index (χ1) is 15.7. The second-order valence-corrected chi connectivity index (χ2v) is 8.15. The molecule has 0 aliphatic carbocycles. The van der Waals surface area contributed by atoms with E-state index >= 15 is 0 Å². The number of benzene rings is 2. The maximum absolute atomic E-state index is 5.58. The van der Waals surface area contributed by atoms with Crippen LogP contribution in [-0.4, -0.2) is 76.4 Å². The fraction of sp³-hybridized carbons (Fsp3) is 0.480. The van der Waals surface area contributed by atoms with E-state index in [4.69, 9.17) is 14.2 Å². The zero-order valence-corrected chi connectivity index (χ0v) is 19.3. The van der Waals surface area contributed by atoms with Crippen LogP contribution in [0.3, 0.4) is 0 Å². The minimum atomic E-state index is 0.276. The maximum atomic E-state index is 5.58. The van der Waals surface area contributed by atoms with Gasteiger partial charge in [-0.1, -0.05) is 30.3 Å². The number of methoxy groups -OCH3 is 2. The van der Waals surface area contributed by atoms with E-state index in [0.29, 0.717) is 0 Å². The molecule has 0 radical (unpaired) electrons. The van der Waals surface area contributed by atoms with E-state index in [1.54, 1.807) is 14.2 Å². The topological polar surface area (TPSA) is 58.6 Å². The molecule has 0 aromatic heterocycles. The molecule has 1 fully saturated rings. The summed E-state index contributed by atoms with van der Waals surface area (Å²) >= 11 is 0. The molecule has 1 atom stereocenters. The summed E-state index contributed by atoms with van der Waals surface area (Å²) in [6.07, 6.45) is 0.946. The van der Waals surface area contributed by atoms with Crippen molar-refractivity contribution in [3.8, 4) is 11.5 Å². The highest BCUT2D eigenvalue weighted by molar-refractivity contribution is 5.80. The van der Waals surface area contributed by atoms with Crippen molar-refractivity contribution in [1.29, 1.82) is 0 Å². The summed E-state index contributed by atoms with van der Waals surface area (Å²) < 4.78 is 16.6. The molecule has 1 saturated heterocycles. The van der Waals surface area contributed by atoms with Gasteiger partial charge in [-0.3, -0.25) is 9.89 Å². The normalized spacial score (nSPS) is 18.1. The minimum absolute atomic E-state index is 0.276. The van der Waals surface area contributed by atoms with E-state index in [2.05, 4.69) is 62.6 Å². The number of nitrogens with zero attached hydrogens (tertiary/aromatic N) is 3. The first-order valence-electron chi connectivity index (χ1n) is 11.3. The number of hydrogen-bond donors (Lipinski definition) is 1. The number of fused-ring (bicyclic) bond motifs is 1. The Balaban J connectivity index is 1.47. The van der Waals surface area contributed by atoms with Gasteiger partial charge in [-0.15, -0.1) is 0 Å². The van der Waals surface area contributed by atoms with Crippen LogP contribution in [0.1, 0.15) is 22.7 Å². The number of guanidine groups is 1. The third-order valence-corrected chi connectivity index (χ3v) is 6.35. The molecule has 2 heterocycles. The molecule has 2 aromatic carbocycles. The van der Waals surface area contributed by atoms with Gasteiger partial charge in [-0.25, -0.2) is 0 Å². The third kappa shape index (κ3) is 5.00. The van der Waals surface area contributed by atoms with Gasteiger partial charge in [0, 0.05) is 39.8 Å². The van der Waals surface area contributed by atoms with E-state index in [0.717, 1.165) is 69.8 Å². The molecule has 7 nitrogen and oxygen atoms in total. The van der Waals surface area contributed by atoms with Crippen LogP contribution in [0.5, 0.6) is 11.5 Å². The van der Waals surface area contributed by atoms with Crippen LogP contribution < -0.4 is 14.8 Å². The van der Waals surface area contributed by atoms with Gasteiger partial charge in [0.1, 0.15) is 0 Å². The Hall–Kier alpha value is -2.77. The molecule has 0 spiro atoms. The van der Waals surface area contributed by atoms with Crippen LogP contribution in [0.2, 0.25) is 0 Å². The van der Waals surface area contributed by atoms with Crippen molar-refractivity contribution in [2.24, 2.45) is 4.99 Å². The molecule has 7 heteroatoms. The Morgan fingerprint density at radius 1 is 1.03 bits per heavy atom. The summed E-state index contributed by atoms with van der Waals surface area (Å²) in [5, 5.41) is 3.65. The number of rotatable bonds is 6. The summed E-state index contributed by atoms with van der Waals surface area (Å²) in [4.78, 5) is 9.42. The van der Waals surface area contributed by atoms with Gasteiger partial charge in [0.2, 0.25) is 0 Å². The SMILES string of the molecule is CN=C(NCC(c1ccccc1)N1CCOCC1)N1CCc2cc(OC)c(OC)cc2C1. The van der Waals surface area contributed by atoms with Crippen molar-refractivity contribution in [3.05, 3.63) is 59.2 Å². The van der Waals surface area contributed by atoms with Crippen LogP contribution in [0.25, 0.3) is 0 Å². The average Bonchev–Trinajstić information content (AvgIpc) is 2.86. The largest absolute Gasteiger partial charge is 0.493 e. The number of hydrogen-bond acceptors (Lipinski definition) is 5. The first-order valence-corrected chi connectivity index (χ1v) is 11.3. The second-order valence-electron chi connectivity index (χ2n) is 8.15. The van der Waals surface area contributed by atoms with E-state index in [1.165, 1.54) is 16.7 Å². The Kier molecular flexibility index (Phi) is 7.50. The lowest BCUT2D eigenvalue weighted by molar-refractivity contribution is 0.0169. The standard InChI is InChI=1S/C25H34N4O3/c1-26-25(29-10-9-20-15-23(30-2)24(31-3)16-21(20)18-29)27-17-22(19-7-5-4-6-8-19)28-11-13-32-14-12-28/h4-8,15-16,22H,9-14,17-18H2,1-3H3,(H,26,27). The molecule has 4 rings (SSSR count). The summed E-state index contributed by atoms with van der Waals surface area (Å²) in [5.74, 6) is 2.49. The van der Waals surface area contributed by atoms with Crippen molar-refractivity contribution in [1.82, 2.24) is 15.1 Å². The molecule has 0 bridgehead atoms. The molecule has 172 valence electrons. The summed E-state index contributed by atoms with van der Waals surface area (Å²) in [7, 11) is 5.22. The monoisotopic (exact) mass is 438 g/mol. The Bertz CT molecular complexity index is 913. The molecule has 1 unspecified atom stereocenters. The van der Waals surface area contributed by atoms with Gasteiger partial charge in [-0.2, -0.15) is 0 Å². The lowest BCUT2D eigenvalue weighted by atomic mass is 9.99. The van der Waals surface area contributed by atoms with Crippen molar-refractivity contribution >= 4 is 5.96 Å². The Morgan fingerprint density at radius 2 is 1.72 bits per heavy atom. The molecular formula is C25H34N4O3. The molecular weight excluding hydrogens is 404 g/mol. The molecule has 2 aliphatic heterocycles. The predicted molar refractivity (Wildman–Crippen MR) is 127 cm³/mol. The second kappa shape index (κ2) is 10.7. The van der Waals surface area contributed by atoms with Gasteiger partial charge in [0.05, 0.1) is 33.5 Å². The van der Waals surface area contributed by atoms with Crippen LogP contribution in [-0.2, 0) is 17.7 Å².